The number of ether oxygens (including phenoxy) is 1. The Bertz CT molecular complexity index is 542. The van der Waals surface area contributed by atoms with Gasteiger partial charge in [0.15, 0.2) is 0 Å². The lowest BCUT2D eigenvalue weighted by molar-refractivity contribution is 0.115. The number of hydrogen-bond donors (Lipinski definition) is 0. The Kier molecular flexibility index (Phi) is 3.75. The predicted octanol–water partition coefficient (Wildman–Crippen LogP) is 3.29. The molecule has 1 saturated heterocycles. The zero-order chi connectivity index (χ0) is 13.1. The number of hydrazone groups is 1. The van der Waals surface area contributed by atoms with Gasteiger partial charge in [-0.25, -0.2) is 9.99 Å². The van der Waals surface area contributed by atoms with Gasteiger partial charge in [0, 0.05) is 12.8 Å². The number of fused-ring (bicyclic) bond motifs is 1. The second-order valence-corrected chi connectivity index (χ2v) is 5.56. The van der Waals surface area contributed by atoms with Crippen LogP contribution < -0.4 is 5.01 Å². The number of anilines is 1. The van der Waals surface area contributed by atoms with E-state index in [0.29, 0.717) is 0 Å². The molecular formula is C14H17N3OS. The molecule has 0 spiro atoms. The van der Waals surface area contributed by atoms with Crippen molar-refractivity contribution in [3.63, 3.8) is 0 Å². The summed E-state index contributed by atoms with van der Waals surface area (Å²) in [5.41, 5.74) is 1.03. The molecule has 0 bridgehead atoms. The topological polar surface area (TPSA) is 37.7 Å². The van der Waals surface area contributed by atoms with E-state index < -0.39 is 0 Å². The molecule has 0 amide bonds. The summed E-state index contributed by atoms with van der Waals surface area (Å²) in [6, 6.07) is 8.18. The molecule has 4 nitrogen and oxygen atoms in total. The average molecular weight is 275 g/mol. The SMILES string of the molecule is C/C=N/N(CC1CCCO1)c1nc2ccccc2s1. The summed E-state index contributed by atoms with van der Waals surface area (Å²) in [6.07, 6.45) is 4.34. The van der Waals surface area contributed by atoms with Crippen LogP contribution in [0.5, 0.6) is 0 Å². The number of nitrogens with zero attached hydrogens (tertiary/aromatic N) is 3. The highest BCUT2D eigenvalue weighted by atomic mass is 32.1. The quantitative estimate of drug-likeness (QED) is 0.635. The molecule has 19 heavy (non-hydrogen) atoms. The minimum Gasteiger partial charge on any atom is -0.376 e. The van der Waals surface area contributed by atoms with Crippen molar-refractivity contribution < 1.29 is 4.74 Å². The molecule has 1 aliphatic rings. The normalized spacial score (nSPS) is 19.5. The minimum absolute atomic E-state index is 0.274. The molecule has 5 heteroatoms. The first-order chi connectivity index (χ1) is 9.36. The number of thiazole rings is 1. The van der Waals surface area contributed by atoms with Crippen molar-refractivity contribution in [2.75, 3.05) is 18.2 Å². The van der Waals surface area contributed by atoms with Crippen LogP contribution in [0, 0.1) is 0 Å². The third-order valence-electron chi connectivity index (χ3n) is 3.16. The Balaban J connectivity index is 1.85. The van der Waals surface area contributed by atoms with Gasteiger partial charge in [0.25, 0.3) is 0 Å². The van der Waals surface area contributed by atoms with E-state index >= 15 is 0 Å². The first-order valence-electron chi connectivity index (χ1n) is 6.60. The van der Waals surface area contributed by atoms with Crippen LogP contribution in [-0.4, -0.2) is 30.5 Å². The molecule has 3 rings (SSSR count). The van der Waals surface area contributed by atoms with Crippen molar-refractivity contribution in [3.8, 4) is 0 Å². The molecule has 1 aliphatic heterocycles. The van der Waals surface area contributed by atoms with Gasteiger partial charge in [0.1, 0.15) is 0 Å². The van der Waals surface area contributed by atoms with E-state index in [4.69, 9.17) is 4.74 Å². The molecule has 2 aromatic rings. The first-order valence-corrected chi connectivity index (χ1v) is 7.42. The number of hydrogen-bond acceptors (Lipinski definition) is 5. The third kappa shape index (κ3) is 2.77. The molecule has 0 N–H and O–H groups in total. The van der Waals surface area contributed by atoms with Crippen molar-refractivity contribution in [1.29, 1.82) is 0 Å². The van der Waals surface area contributed by atoms with Gasteiger partial charge in [-0.1, -0.05) is 23.5 Å². The molecule has 1 fully saturated rings. The second-order valence-electron chi connectivity index (χ2n) is 4.55. The van der Waals surface area contributed by atoms with Crippen molar-refractivity contribution in [2.45, 2.75) is 25.9 Å². The predicted molar refractivity (Wildman–Crippen MR) is 80.1 cm³/mol. The highest BCUT2D eigenvalue weighted by molar-refractivity contribution is 7.22. The molecule has 0 radical (unpaired) electrons. The van der Waals surface area contributed by atoms with E-state index in [1.54, 1.807) is 17.6 Å². The number of para-hydroxylation sites is 1. The van der Waals surface area contributed by atoms with Crippen LogP contribution in [0.4, 0.5) is 5.13 Å². The lowest BCUT2D eigenvalue weighted by atomic mass is 10.2. The fourth-order valence-electron chi connectivity index (χ4n) is 2.27. The molecule has 1 atom stereocenters. The molecule has 1 aromatic carbocycles. The number of aromatic nitrogens is 1. The molecule has 0 saturated carbocycles. The summed E-state index contributed by atoms with van der Waals surface area (Å²) in [6.45, 7) is 3.58. The fourth-order valence-corrected chi connectivity index (χ4v) is 3.20. The Morgan fingerprint density at radius 1 is 1.53 bits per heavy atom. The van der Waals surface area contributed by atoms with Gasteiger partial charge in [-0.15, -0.1) is 0 Å². The largest absolute Gasteiger partial charge is 0.376 e. The van der Waals surface area contributed by atoms with Gasteiger partial charge in [-0.3, -0.25) is 0 Å². The Morgan fingerprint density at radius 3 is 3.16 bits per heavy atom. The molecule has 0 aliphatic carbocycles. The van der Waals surface area contributed by atoms with Crippen LogP contribution in [0.25, 0.3) is 10.2 Å². The van der Waals surface area contributed by atoms with Crippen molar-refractivity contribution in [3.05, 3.63) is 24.3 Å². The number of rotatable bonds is 4. The van der Waals surface area contributed by atoms with E-state index in [1.165, 1.54) is 4.70 Å². The van der Waals surface area contributed by atoms with Gasteiger partial charge < -0.3 is 4.74 Å². The maximum absolute atomic E-state index is 5.69. The van der Waals surface area contributed by atoms with E-state index in [1.807, 2.05) is 30.1 Å². The maximum atomic E-state index is 5.69. The van der Waals surface area contributed by atoms with Crippen molar-refractivity contribution in [1.82, 2.24) is 4.98 Å². The third-order valence-corrected chi connectivity index (χ3v) is 4.21. The zero-order valence-corrected chi connectivity index (χ0v) is 11.8. The molecule has 100 valence electrons. The highest BCUT2D eigenvalue weighted by Crippen LogP contribution is 2.29. The molecule has 1 unspecified atom stereocenters. The zero-order valence-electron chi connectivity index (χ0n) is 11.0. The van der Waals surface area contributed by atoms with Crippen LogP contribution in [0.3, 0.4) is 0 Å². The highest BCUT2D eigenvalue weighted by Gasteiger charge is 2.21. The van der Waals surface area contributed by atoms with E-state index in [2.05, 4.69) is 16.2 Å². The van der Waals surface area contributed by atoms with Crippen LogP contribution in [-0.2, 0) is 4.74 Å². The lowest BCUT2D eigenvalue weighted by Crippen LogP contribution is -2.27. The van der Waals surface area contributed by atoms with Crippen molar-refractivity contribution in [2.24, 2.45) is 5.10 Å². The van der Waals surface area contributed by atoms with Crippen LogP contribution in [0.1, 0.15) is 19.8 Å². The van der Waals surface area contributed by atoms with Crippen LogP contribution >= 0.6 is 11.3 Å². The molecular weight excluding hydrogens is 258 g/mol. The summed E-state index contributed by atoms with van der Waals surface area (Å²) in [4.78, 5) is 4.65. The van der Waals surface area contributed by atoms with E-state index in [9.17, 15) is 0 Å². The van der Waals surface area contributed by atoms with Gasteiger partial charge in [-0.05, 0) is 31.9 Å². The minimum atomic E-state index is 0.274. The first kappa shape index (κ1) is 12.6. The molecule has 2 heterocycles. The van der Waals surface area contributed by atoms with Crippen molar-refractivity contribution >= 4 is 32.9 Å². The summed E-state index contributed by atoms with van der Waals surface area (Å²) in [5, 5.41) is 7.33. The summed E-state index contributed by atoms with van der Waals surface area (Å²) < 4.78 is 6.88. The van der Waals surface area contributed by atoms with E-state index in [-0.39, 0.29) is 6.10 Å². The lowest BCUT2D eigenvalue weighted by Gasteiger charge is -2.19. The summed E-state index contributed by atoms with van der Waals surface area (Å²) in [7, 11) is 0. The maximum Gasteiger partial charge on any atom is 0.207 e. The molecule has 1 aromatic heterocycles. The van der Waals surface area contributed by atoms with E-state index in [0.717, 1.165) is 36.6 Å². The smallest absolute Gasteiger partial charge is 0.207 e. The monoisotopic (exact) mass is 275 g/mol. The Morgan fingerprint density at radius 2 is 2.42 bits per heavy atom. The standard InChI is InChI=1S/C14H17N3OS/c1-2-15-17(10-11-6-5-9-18-11)14-16-12-7-3-4-8-13(12)19-14/h2-4,7-8,11H,5-6,9-10H2,1H3/b15-2+. The Hall–Kier alpha value is -1.46. The Labute approximate surface area is 116 Å². The van der Waals surface area contributed by atoms with Gasteiger partial charge in [0.2, 0.25) is 5.13 Å². The van der Waals surface area contributed by atoms with Gasteiger partial charge in [0.05, 0.1) is 22.9 Å². The van der Waals surface area contributed by atoms with Crippen LogP contribution in [0.2, 0.25) is 0 Å². The number of benzene rings is 1. The second kappa shape index (κ2) is 5.67. The van der Waals surface area contributed by atoms with Gasteiger partial charge in [-0.2, -0.15) is 5.10 Å². The summed E-state index contributed by atoms with van der Waals surface area (Å²) in [5.74, 6) is 0. The van der Waals surface area contributed by atoms with Gasteiger partial charge >= 0.3 is 0 Å². The fraction of sp³-hybridized carbons (Fsp3) is 0.429. The average Bonchev–Trinajstić information content (AvgIpc) is 3.06. The summed E-state index contributed by atoms with van der Waals surface area (Å²) >= 11 is 1.67. The van der Waals surface area contributed by atoms with Crippen LogP contribution in [0.15, 0.2) is 29.4 Å².